The third kappa shape index (κ3) is 4.57. The molecule has 0 fully saturated rings. The summed E-state index contributed by atoms with van der Waals surface area (Å²) in [5, 5.41) is 12.3. The van der Waals surface area contributed by atoms with Crippen LogP contribution in [0.3, 0.4) is 0 Å². The van der Waals surface area contributed by atoms with Gasteiger partial charge in [0, 0.05) is 5.71 Å². The van der Waals surface area contributed by atoms with Crippen molar-refractivity contribution in [1.82, 2.24) is 10.2 Å². The highest BCUT2D eigenvalue weighted by Gasteiger charge is 1.98. The van der Waals surface area contributed by atoms with Crippen molar-refractivity contribution in [3.8, 4) is 0 Å². The Morgan fingerprint density at radius 3 is 2.44 bits per heavy atom. The van der Waals surface area contributed by atoms with Crippen molar-refractivity contribution in [1.29, 1.82) is 0 Å². The first-order valence-electron chi connectivity index (χ1n) is 5.57. The van der Waals surface area contributed by atoms with Crippen LogP contribution < -0.4 is 5.43 Å². The monoisotopic (exact) mass is 240 g/mol. The molecule has 0 amide bonds. The molecular weight excluding hydrogens is 224 g/mol. The van der Waals surface area contributed by atoms with Crippen molar-refractivity contribution >= 4 is 23.1 Å². The molecule has 0 unspecified atom stereocenters. The van der Waals surface area contributed by atoms with Crippen molar-refractivity contribution in [3.05, 3.63) is 17.3 Å². The van der Waals surface area contributed by atoms with Gasteiger partial charge in [-0.3, -0.25) is 5.43 Å². The lowest BCUT2D eigenvalue weighted by Crippen LogP contribution is -2.03. The van der Waals surface area contributed by atoms with Gasteiger partial charge in [-0.2, -0.15) is 5.10 Å². The van der Waals surface area contributed by atoms with Gasteiger partial charge in [0.25, 0.3) is 0 Å². The Hall–Kier alpha value is -1.16. The van der Waals surface area contributed by atoms with Crippen LogP contribution in [0.4, 0.5) is 5.82 Å². The number of halogens is 1. The Balaban J connectivity index is 2.57. The molecule has 0 aromatic carbocycles. The maximum absolute atomic E-state index is 5.64. The molecule has 0 spiro atoms. The number of hydrogen-bond acceptors (Lipinski definition) is 4. The fraction of sp³-hybridized carbons (Fsp3) is 0.545. The van der Waals surface area contributed by atoms with E-state index in [1.807, 2.05) is 0 Å². The molecule has 88 valence electrons. The van der Waals surface area contributed by atoms with E-state index < -0.39 is 0 Å². The molecule has 0 radical (unpaired) electrons. The van der Waals surface area contributed by atoms with Gasteiger partial charge in [0.1, 0.15) is 0 Å². The molecule has 0 bridgehead atoms. The second-order valence-corrected chi connectivity index (χ2v) is 3.92. The first kappa shape index (κ1) is 12.9. The lowest BCUT2D eigenvalue weighted by atomic mass is 10.1. The molecule has 0 atom stereocenters. The molecule has 0 aliphatic rings. The number of nitrogens with zero attached hydrogens (tertiary/aromatic N) is 3. The van der Waals surface area contributed by atoms with E-state index in [9.17, 15) is 0 Å². The Labute approximate surface area is 101 Å². The zero-order valence-electron chi connectivity index (χ0n) is 9.70. The van der Waals surface area contributed by atoms with Crippen molar-refractivity contribution in [2.75, 3.05) is 5.43 Å². The number of anilines is 1. The maximum atomic E-state index is 5.64. The van der Waals surface area contributed by atoms with E-state index in [1.54, 1.807) is 12.1 Å². The number of hydrogen-bond donors (Lipinski definition) is 1. The molecule has 5 heteroatoms. The molecule has 1 aromatic heterocycles. The van der Waals surface area contributed by atoms with E-state index in [0.29, 0.717) is 11.0 Å². The van der Waals surface area contributed by atoms with Crippen LogP contribution in [0.25, 0.3) is 0 Å². The normalized spacial score (nSPS) is 9.94. The predicted molar refractivity (Wildman–Crippen MR) is 67.9 cm³/mol. The zero-order chi connectivity index (χ0) is 11.8. The van der Waals surface area contributed by atoms with Gasteiger partial charge in [0.2, 0.25) is 0 Å². The summed E-state index contributed by atoms with van der Waals surface area (Å²) in [4.78, 5) is 0. The summed E-state index contributed by atoms with van der Waals surface area (Å²) < 4.78 is 0. The zero-order valence-corrected chi connectivity index (χ0v) is 10.5. The van der Waals surface area contributed by atoms with Gasteiger partial charge in [-0.05, 0) is 25.0 Å². The lowest BCUT2D eigenvalue weighted by molar-refractivity contribution is 0.906. The van der Waals surface area contributed by atoms with Crippen molar-refractivity contribution < 1.29 is 0 Å². The van der Waals surface area contributed by atoms with Gasteiger partial charge >= 0.3 is 0 Å². The minimum atomic E-state index is 0.386. The standard InChI is InChI=1S/C11H17ClN4/c1-3-5-9(6-4-2)13-15-11-8-7-10(12)14-16-11/h7-8H,3-6H2,1-2H3,(H,15,16). The predicted octanol–water partition coefficient (Wildman–Crippen LogP) is 3.50. The quantitative estimate of drug-likeness (QED) is 0.612. The number of nitrogens with one attached hydrogen (secondary N) is 1. The van der Waals surface area contributed by atoms with Crippen LogP contribution in [0.1, 0.15) is 39.5 Å². The average Bonchev–Trinajstić information content (AvgIpc) is 2.29. The molecular formula is C11H17ClN4. The first-order valence-corrected chi connectivity index (χ1v) is 5.94. The topological polar surface area (TPSA) is 50.2 Å². The van der Waals surface area contributed by atoms with E-state index in [0.717, 1.165) is 25.7 Å². The van der Waals surface area contributed by atoms with Gasteiger partial charge in [-0.1, -0.05) is 38.3 Å². The third-order valence-electron chi connectivity index (χ3n) is 2.04. The molecule has 4 nitrogen and oxygen atoms in total. The maximum Gasteiger partial charge on any atom is 0.168 e. The number of rotatable bonds is 6. The Kier molecular flexibility index (Phi) is 5.78. The molecule has 0 aliphatic heterocycles. The SMILES string of the molecule is CCCC(CCC)=NNc1ccc(Cl)nn1. The van der Waals surface area contributed by atoms with E-state index in [1.165, 1.54) is 5.71 Å². The van der Waals surface area contributed by atoms with Gasteiger partial charge in [-0.15, -0.1) is 10.2 Å². The van der Waals surface area contributed by atoms with Gasteiger partial charge in [0.05, 0.1) is 0 Å². The summed E-state index contributed by atoms with van der Waals surface area (Å²) in [6.45, 7) is 4.29. The Morgan fingerprint density at radius 2 is 1.94 bits per heavy atom. The Bertz CT molecular complexity index is 326. The Morgan fingerprint density at radius 1 is 1.25 bits per heavy atom. The van der Waals surface area contributed by atoms with Gasteiger partial charge in [0.15, 0.2) is 11.0 Å². The number of aromatic nitrogens is 2. The summed E-state index contributed by atoms with van der Waals surface area (Å²) in [6, 6.07) is 3.44. The van der Waals surface area contributed by atoms with Crippen molar-refractivity contribution in [3.63, 3.8) is 0 Å². The minimum absolute atomic E-state index is 0.386. The molecule has 1 heterocycles. The fourth-order valence-electron chi connectivity index (χ4n) is 1.33. The van der Waals surface area contributed by atoms with E-state index >= 15 is 0 Å². The molecule has 16 heavy (non-hydrogen) atoms. The van der Waals surface area contributed by atoms with Crippen LogP contribution >= 0.6 is 11.6 Å². The van der Waals surface area contributed by atoms with E-state index in [2.05, 4.69) is 34.6 Å². The molecule has 0 aliphatic carbocycles. The summed E-state index contributed by atoms with van der Waals surface area (Å²) in [5.74, 6) is 0.620. The molecule has 0 saturated carbocycles. The fourth-order valence-corrected chi connectivity index (χ4v) is 1.43. The average molecular weight is 241 g/mol. The van der Waals surface area contributed by atoms with Gasteiger partial charge < -0.3 is 0 Å². The highest BCUT2D eigenvalue weighted by atomic mass is 35.5. The summed E-state index contributed by atoms with van der Waals surface area (Å²) in [5.41, 5.74) is 4.07. The van der Waals surface area contributed by atoms with Crippen LogP contribution in [0, 0.1) is 0 Å². The van der Waals surface area contributed by atoms with Crippen LogP contribution in [0.2, 0.25) is 5.15 Å². The van der Waals surface area contributed by atoms with Crippen LogP contribution in [0.15, 0.2) is 17.2 Å². The van der Waals surface area contributed by atoms with Crippen molar-refractivity contribution in [2.24, 2.45) is 5.10 Å². The summed E-state index contributed by atoms with van der Waals surface area (Å²) in [7, 11) is 0. The molecule has 1 rings (SSSR count). The summed E-state index contributed by atoms with van der Waals surface area (Å²) in [6.07, 6.45) is 4.24. The number of hydrazone groups is 1. The molecule has 1 N–H and O–H groups in total. The molecule has 1 aromatic rings. The third-order valence-corrected chi connectivity index (χ3v) is 2.24. The first-order chi connectivity index (χ1) is 7.76. The van der Waals surface area contributed by atoms with Crippen LogP contribution in [-0.2, 0) is 0 Å². The van der Waals surface area contributed by atoms with E-state index in [4.69, 9.17) is 11.6 Å². The second-order valence-electron chi connectivity index (χ2n) is 3.53. The summed E-state index contributed by atoms with van der Waals surface area (Å²) >= 11 is 5.64. The van der Waals surface area contributed by atoms with Gasteiger partial charge in [-0.25, -0.2) is 0 Å². The lowest BCUT2D eigenvalue weighted by Gasteiger charge is -2.04. The second kappa shape index (κ2) is 7.17. The van der Waals surface area contributed by atoms with Crippen LogP contribution in [-0.4, -0.2) is 15.9 Å². The van der Waals surface area contributed by atoms with Crippen molar-refractivity contribution in [2.45, 2.75) is 39.5 Å². The van der Waals surface area contributed by atoms with Crippen LogP contribution in [0.5, 0.6) is 0 Å². The van der Waals surface area contributed by atoms with E-state index in [-0.39, 0.29) is 0 Å². The largest absolute Gasteiger partial charge is 0.260 e. The highest BCUT2D eigenvalue weighted by Crippen LogP contribution is 2.07. The minimum Gasteiger partial charge on any atom is -0.260 e. The highest BCUT2D eigenvalue weighted by molar-refractivity contribution is 6.29. The molecule has 0 saturated heterocycles. The smallest absolute Gasteiger partial charge is 0.168 e.